The molecule has 2 saturated heterocycles. The molecule has 7 nitrogen and oxygen atoms in total. The SMILES string of the molecule is COc1ccc(-c2cnc(Nc3cccc(C(=O)N4CCC[C@H]4CN4CCCC4)c3)nc2)cc1. The molecule has 34 heavy (non-hydrogen) atoms. The first-order valence-electron chi connectivity index (χ1n) is 12.1. The molecule has 1 amide bonds. The fraction of sp³-hybridized carbons (Fsp3) is 0.370. The maximum atomic E-state index is 13.3. The van der Waals surface area contributed by atoms with E-state index in [4.69, 9.17) is 4.74 Å². The summed E-state index contributed by atoms with van der Waals surface area (Å²) in [5.41, 5.74) is 3.45. The number of aromatic nitrogens is 2. The summed E-state index contributed by atoms with van der Waals surface area (Å²) in [4.78, 5) is 26.8. The molecule has 0 bridgehead atoms. The zero-order valence-corrected chi connectivity index (χ0v) is 19.6. The molecule has 3 aromatic rings. The van der Waals surface area contributed by atoms with E-state index in [0.29, 0.717) is 17.6 Å². The van der Waals surface area contributed by atoms with Crippen LogP contribution in [0.1, 0.15) is 36.0 Å². The van der Waals surface area contributed by atoms with E-state index in [2.05, 4.69) is 25.1 Å². The third kappa shape index (κ3) is 5.04. The Morgan fingerprint density at radius 3 is 2.50 bits per heavy atom. The van der Waals surface area contributed by atoms with Crippen molar-refractivity contribution >= 4 is 17.5 Å². The molecule has 5 rings (SSSR count). The molecule has 3 heterocycles. The summed E-state index contributed by atoms with van der Waals surface area (Å²) >= 11 is 0. The molecule has 1 aromatic heterocycles. The Balaban J connectivity index is 1.25. The fourth-order valence-electron chi connectivity index (χ4n) is 4.91. The van der Waals surface area contributed by atoms with Crippen molar-refractivity contribution in [3.05, 3.63) is 66.5 Å². The average molecular weight is 458 g/mol. The summed E-state index contributed by atoms with van der Waals surface area (Å²) in [5.74, 6) is 1.42. The third-order valence-electron chi connectivity index (χ3n) is 6.75. The van der Waals surface area contributed by atoms with Gasteiger partial charge in [0.2, 0.25) is 5.95 Å². The second-order valence-corrected chi connectivity index (χ2v) is 9.03. The number of hydrogen-bond donors (Lipinski definition) is 1. The number of carbonyl (C=O) groups excluding carboxylic acids is 1. The lowest BCUT2D eigenvalue weighted by atomic mass is 10.1. The molecule has 2 aliphatic heterocycles. The van der Waals surface area contributed by atoms with Gasteiger partial charge in [-0.3, -0.25) is 4.79 Å². The van der Waals surface area contributed by atoms with Crippen molar-refractivity contribution in [3.8, 4) is 16.9 Å². The Kier molecular flexibility index (Phi) is 6.72. The van der Waals surface area contributed by atoms with E-state index in [1.807, 2.05) is 48.5 Å². The molecule has 0 aliphatic carbocycles. The van der Waals surface area contributed by atoms with Crippen molar-refractivity contribution in [3.63, 3.8) is 0 Å². The van der Waals surface area contributed by atoms with Crippen LogP contribution in [-0.2, 0) is 0 Å². The number of amides is 1. The number of likely N-dealkylation sites (tertiary alicyclic amines) is 2. The summed E-state index contributed by atoms with van der Waals surface area (Å²) in [6.07, 6.45) is 8.30. The van der Waals surface area contributed by atoms with Crippen molar-refractivity contribution in [1.29, 1.82) is 0 Å². The average Bonchev–Trinajstić information content (AvgIpc) is 3.57. The molecule has 0 spiro atoms. The number of methoxy groups -OCH3 is 1. The lowest BCUT2D eigenvalue weighted by Crippen LogP contribution is -2.42. The number of nitrogens with zero attached hydrogens (tertiary/aromatic N) is 4. The predicted octanol–water partition coefficient (Wildman–Crippen LogP) is 4.60. The molecule has 2 aliphatic rings. The second kappa shape index (κ2) is 10.2. The van der Waals surface area contributed by atoms with Crippen molar-refractivity contribution in [2.45, 2.75) is 31.7 Å². The number of ether oxygens (including phenoxy) is 1. The monoisotopic (exact) mass is 457 g/mol. The molecule has 7 heteroatoms. The van der Waals surface area contributed by atoms with E-state index in [9.17, 15) is 4.79 Å². The standard InChI is InChI=1S/C27H31N5O2/c1-34-25-11-9-20(10-12-25)22-17-28-27(29-18-22)30-23-7-4-6-21(16-23)26(33)32-15-5-8-24(32)19-31-13-2-3-14-31/h4,6-7,9-12,16-18,24H,2-3,5,8,13-15,19H2,1H3,(H,28,29,30)/t24-/m0/s1. The van der Waals surface area contributed by atoms with Gasteiger partial charge in [0, 0.05) is 48.3 Å². The lowest BCUT2D eigenvalue weighted by molar-refractivity contribution is 0.0709. The minimum Gasteiger partial charge on any atom is -0.497 e. The third-order valence-corrected chi connectivity index (χ3v) is 6.75. The van der Waals surface area contributed by atoms with Gasteiger partial charge in [-0.2, -0.15) is 0 Å². The molecule has 2 aromatic carbocycles. The maximum absolute atomic E-state index is 13.3. The molecule has 176 valence electrons. The molecular weight excluding hydrogens is 426 g/mol. The van der Waals surface area contributed by atoms with Gasteiger partial charge >= 0.3 is 0 Å². The first kappa shape index (κ1) is 22.3. The number of hydrogen-bond acceptors (Lipinski definition) is 6. The predicted molar refractivity (Wildman–Crippen MR) is 133 cm³/mol. The number of nitrogens with one attached hydrogen (secondary N) is 1. The van der Waals surface area contributed by atoms with E-state index in [1.165, 1.54) is 12.8 Å². The quantitative estimate of drug-likeness (QED) is 0.559. The summed E-state index contributed by atoms with van der Waals surface area (Å²) < 4.78 is 5.21. The summed E-state index contributed by atoms with van der Waals surface area (Å²) in [6.45, 7) is 4.16. The molecular formula is C27H31N5O2. The van der Waals surface area contributed by atoms with Crippen LogP contribution in [-0.4, -0.2) is 65.0 Å². The summed E-state index contributed by atoms with van der Waals surface area (Å²) in [7, 11) is 1.65. The zero-order valence-electron chi connectivity index (χ0n) is 19.6. The van der Waals surface area contributed by atoms with E-state index >= 15 is 0 Å². The first-order chi connectivity index (χ1) is 16.7. The van der Waals surface area contributed by atoms with Gasteiger partial charge < -0.3 is 19.9 Å². The minimum atomic E-state index is 0.112. The Morgan fingerprint density at radius 2 is 1.76 bits per heavy atom. The topological polar surface area (TPSA) is 70.6 Å². The van der Waals surface area contributed by atoms with Gasteiger partial charge in [0.1, 0.15) is 5.75 Å². The van der Waals surface area contributed by atoms with Crippen LogP contribution in [0.25, 0.3) is 11.1 Å². The Labute approximate surface area is 200 Å². The largest absolute Gasteiger partial charge is 0.497 e. The van der Waals surface area contributed by atoms with Gasteiger partial charge in [-0.25, -0.2) is 9.97 Å². The van der Waals surface area contributed by atoms with Gasteiger partial charge in [0.05, 0.1) is 7.11 Å². The van der Waals surface area contributed by atoms with Gasteiger partial charge in [-0.05, 0) is 74.7 Å². The second-order valence-electron chi connectivity index (χ2n) is 9.03. The van der Waals surface area contributed by atoms with Crippen LogP contribution in [0.5, 0.6) is 5.75 Å². The van der Waals surface area contributed by atoms with Gasteiger partial charge in [-0.15, -0.1) is 0 Å². The number of anilines is 2. The highest BCUT2D eigenvalue weighted by Gasteiger charge is 2.31. The van der Waals surface area contributed by atoms with Crippen LogP contribution < -0.4 is 10.1 Å². The number of rotatable bonds is 7. The van der Waals surface area contributed by atoms with Gasteiger partial charge in [0.25, 0.3) is 5.91 Å². The summed E-state index contributed by atoms with van der Waals surface area (Å²) in [6, 6.07) is 15.7. The van der Waals surface area contributed by atoms with E-state index in [0.717, 1.165) is 61.6 Å². The zero-order chi connectivity index (χ0) is 23.3. The van der Waals surface area contributed by atoms with Crippen molar-refractivity contribution in [1.82, 2.24) is 19.8 Å². The van der Waals surface area contributed by atoms with Crippen molar-refractivity contribution in [2.75, 3.05) is 38.6 Å². The van der Waals surface area contributed by atoms with Crippen LogP contribution in [0.15, 0.2) is 60.9 Å². The molecule has 2 fully saturated rings. The highest BCUT2D eigenvalue weighted by molar-refractivity contribution is 5.95. The lowest BCUT2D eigenvalue weighted by Gasteiger charge is -2.28. The molecule has 0 radical (unpaired) electrons. The number of carbonyl (C=O) groups is 1. The van der Waals surface area contributed by atoms with Crippen LogP contribution in [0.2, 0.25) is 0 Å². The van der Waals surface area contributed by atoms with Crippen LogP contribution in [0.3, 0.4) is 0 Å². The molecule has 1 atom stereocenters. The van der Waals surface area contributed by atoms with Crippen LogP contribution >= 0.6 is 0 Å². The van der Waals surface area contributed by atoms with Crippen LogP contribution in [0.4, 0.5) is 11.6 Å². The molecule has 1 N–H and O–H groups in total. The van der Waals surface area contributed by atoms with Gasteiger partial charge in [0.15, 0.2) is 0 Å². The summed E-state index contributed by atoms with van der Waals surface area (Å²) in [5, 5.41) is 3.24. The van der Waals surface area contributed by atoms with Gasteiger partial charge in [-0.1, -0.05) is 18.2 Å². The minimum absolute atomic E-state index is 0.112. The maximum Gasteiger partial charge on any atom is 0.254 e. The fourth-order valence-corrected chi connectivity index (χ4v) is 4.91. The van der Waals surface area contributed by atoms with E-state index < -0.39 is 0 Å². The molecule has 0 saturated carbocycles. The van der Waals surface area contributed by atoms with Crippen molar-refractivity contribution in [2.24, 2.45) is 0 Å². The highest BCUT2D eigenvalue weighted by Crippen LogP contribution is 2.25. The Morgan fingerprint density at radius 1 is 1.00 bits per heavy atom. The van der Waals surface area contributed by atoms with Crippen molar-refractivity contribution < 1.29 is 9.53 Å². The normalized spacial score (nSPS) is 18.3. The van der Waals surface area contributed by atoms with E-state index in [-0.39, 0.29) is 5.91 Å². The Bertz CT molecular complexity index is 1110. The smallest absolute Gasteiger partial charge is 0.254 e. The first-order valence-corrected chi connectivity index (χ1v) is 12.1. The highest BCUT2D eigenvalue weighted by atomic mass is 16.5. The van der Waals surface area contributed by atoms with E-state index in [1.54, 1.807) is 19.5 Å². The Hall–Kier alpha value is -3.45. The number of benzene rings is 2. The van der Waals surface area contributed by atoms with Crippen LogP contribution in [0, 0.1) is 0 Å². The molecule has 0 unspecified atom stereocenters.